The van der Waals surface area contributed by atoms with Crippen LogP contribution in [0.5, 0.6) is 5.75 Å². The summed E-state index contributed by atoms with van der Waals surface area (Å²) >= 11 is 0. The van der Waals surface area contributed by atoms with Gasteiger partial charge in [-0.05, 0) is 19.9 Å². The van der Waals surface area contributed by atoms with Crippen molar-refractivity contribution >= 4 is 29.9 Å². The van der Waals surface area contributed by atoms with Crippen LogP contribution >= 0.6 is 24.0 Å². The predicted molar refractivity (Wildman–Crippen MR) is 140 cm³/mol. The third-order valence-electron chi connectivity index (χ3n) is 5.42. The number of hydrogen-bond acceptors (Lipinski definition) is 6. The Kier molecular flexibility index (Phi) is 11.4. The fourth-order valence-corrected chi connectivity index (χ4v) is 3.45. The fourth-order valence-electron chi connectivity index (χ4n) is 3.45. The number of rotatable bonds is 10. The molecule has 1 fully saturated rings. The molecule has 3 N–H and O–H groups in total. The number of halogens is 1. The molecule has 1 aromatic heterocycles. The lowest BCUT2D eigenvalue weighted by Crippen LogP contribution is -2.44. The van der Waals surface area contributed by atoms with Crippen LogP contribution in [0.3, 0.4) is 0 Å². The molecule has 0 saturated carbocycles. The Morgan fingerprint density at radius 3 is 2.73 bits per heavy atom. The number of para-hydroxylation sites is 1. The Balaban J connectivity index is 0.00000385. The van der Waals surface area contributed by atoms with E-state index < -0.39 is 5.60 Å². The topological polar surface area (TPSA) is 96.2 Å². The quantitative estimate of drug-likeness (QED) is 0.227. The molecule has 2 aromatic rings. The number of guanidine groups is 1. The van der Waals surface area contributed by atoms with Gasteiger partial charge in [0.1, 0.15) is 18.0 Å². The van der Waals surface area contributed by atoms with Crippen molar-refractivity contribution in [2.24, 2.45) is 12.0 Å². The first-order valence-electron chi connectivity index (χ1n) is 11.2. The lowest BCUT2D eigenvalue weighted by Gasteiger charge is -2.26. The highest BCUT2D eigenvalue weighted by Crippen LogP contribution is 2.20. The summed E-state index contributed by atoms with van der Waals surface area (Å²) < 4.78 is 13.1. The molecule has 1 aliphatic heterocycles. The molecule has 3 rings (SSSR count). The number of aliphatic hydroxyl groups is 1. The van der Waals surface area contributed by atoms with Crippen molar-refractivity contribution in [1.82, 2.24) is 25.3 Å². The molecule has 0 bridgehead atoms. The maximum Gasteiger partial charge on any atom is 0.191 e. The van der Waals surface area contributed by atoms with E-state index in [2.05, 4.69) is 20.6 Å². The second kappa shape index (κ2) is 13.7. The molecule has 2 heterocycles. The highest BCUT2D eigenvalue weighted by atomic mass is 127. The summed E-state index contributed by atoms with van der Waals surface area (Å²) in [6, 6.07) is 7.99. The number of nitrogens with one attached hydrogen (secondary N) is 2. The van der Waals surface area contributed by atoms with Crippen molar-refractivity contribution < 1.29 is 14.6 Å². The summed E-state index contributed by atoms with van der Waals surface area (Å²) in [5.41, 5.74) is 0.707. The molecule has 1 aliphatic rings. The normalized spacial score (nSPS) is 16.5. The number of aryl methyl sites for hydroxylation is 1. The zero-order valence-corrected chi connectivity index (χ0v) is 22.1. The van der Waals surface area contributed by atoms with Gasteiger partial charge in [0.05, 0.1) is 32.5 Å². The minimum Gasteiger partial charge on any atom is -0.492 e. The van der Waals surface area contributed by atoms with E-state index in [0.717, 1.165) is 56.3 Å². The Labute approximate surface area is 213 Å². The van der Waals surface area contributed by atoms with E-state index in [9.17, 15) is 5.11 Å². The van der Waals surface area contributed by atoms with Crippen LogP contribution in [-0.2, 0) is 23.9 Å². The van der Waals surface area contributed by atoms with Crippen LogP contribution in [0.2, 0.25) is 0 Å². The van der Waals surface area contributed by atoms with Crippen LogP contribution in [0.1, 0.15) is 25.0 Å². The third-order valence-corrected chi connectivity index (χ3v) is 5.42. The molecule has 184 valence electrons. The molecule has 1 atom stereocenters. The number of aromatic nitrogens is 2. The molecule has 1 unspecified atom stereocenters. The first kappa shape index (κ1) is 27.4. The molecular formula is C23H37IN6O3. The molecule has 9 nitrogen and oxygen atoms in total. The first-order chi connectivity index (χ1) is 15.5. The van der Waals surface area contributed by atoms with Gasteiger partial charge in [-0.2, -0.15) is 5.10 Å². The third kappa shape index (κ3) is 8.76. The van der Waals surface area contributed by atoms with E-state index in [4.69, 9.17) is 14.5 Å². The molecule has 33 heavy (non-hydrogen) atoms. The molecule has 0 spiro atoms. The van der Waals surface area contributed by atoms with E-state index in [-0.39, 0.29) is 24.0 Å². The SMILES string of the molecule is CCNC(=NCc1ccccc1OCCN1CCOCC1)NCC(C)(O)c1cnn(C)c1.I. The van der Waals surface area contributed by atoms with E-state index in [1.165, 1.54) is 0 Å². The molecule has 1 saturated heterocycles. The lowest BCUT2D eigenvalue weighted by atomic mass is 10.00. The van der Waals surface area contributed by atoms with Crippen molar-refractivity contribution in [1.29, 1.82) is 0 Å². The highest BCUT2D eigenvalue weighted by Gasteiger charge is 2.25. The lowest BCUT2D eigenvalue weighted by molar-refractivity contribution is 0.0322. The van der Waals surface area contributed by atoms with Crippen molar-refractivity contribution in [3.05, 3.63) is 47.8 Å². The van der Waals surface area contributed by atoms with Crippen molar-refractivity contribution in [3.8, 4) is 5.75 Å². The largest absolute Gasteiger partial charge is 0.492 e. The van der Waals surface area contributed by atoms with E-state index in [1.807, 2.05) is 44.4 Å². The highest BCUT2D eigenvalue weighted by molar-refractivity contribution is 14.0. The summed E-state index contributed by atoms with van der Waals surface area (Å²) in [6.45, 7) is 10.3. The molecule has 0 amide bonds. The van der Waals surface area contributed by atoms with Gasteiger partial charge in [0, 0.05) is 50.6 Å². The monoisotopic (exact) mass is 572 g/mol. The summed E-state index contributed by atoms with van der Waals surface area (Å²) in [4.78, 5) is 7.05. The minimum atomic E-state index is -1.06. The van der Waals surface area contributed by atoms with Gasteiger partial charge < -0.3 is 25.2 Å². The smallest absolute Gasteiger partial charge is 0.191 e. The Morgan fingerprint density at radius 1 is 1.27 bits per heavy atom. The van der Waals surface area contributed by atoms with Gasteiger partial charge in [0.25, 0.3) is 0 Å². The van der Waals surface area contributed by atoms with Gasteiger partial charge in [-0.3, -0.25) is 9.58 Å². The zero-order valence-electron chi connectivity index (χ0n) is 19.8. The average Bonchev–Trinajstić information content (AvgIpc) is 3.24. The number of benzene rings is 1. The van der Waals surface area contributed by atoms with Crippen LogP contribution in [0.15, 0.2) is 41.7 Å². The summed E-state index contributed by atoms with van der Waals surface area (Å²) in [5, 5.41) is 21.4. The fraction of sp³-hybridized carbons (Fsp3) is 0.565. The van der Waals surface area contributed by atoms with Gasteiger partial charge in [0.2, 0.25) is 0 Å². The molecular weight excluding hydrogens is 535 g/mol. The summed E-state index contributed by atoms with van der Waals surface area (Å²) in [5.74, 6) is 1.49. The van der Waals surface area contributed by atoms with Gasteiger partial charge in [-0.1, -0.05) is 18.2 Å². The standard InChI is InChI=1S/C23H36N6O3.HI/c1-4-24-22(26-18-23(2,30)20-16-27-28(3)17-20)25-15-19-7-5-6-8-21(19)32-14-11-29-9-12-31-13-10-29;/h5-8,16-17,30H,4,9-15,18H2,1-3H3,(H2,24,25,26);1H. The zero-order chi connectivity index (χ0) is 22.8. The van der Waals surface area contributed by atoms with Crippen LogP contribution in [-0.4, -0.2) is 78.3 Å². The second-order valence-electron chi connectivity index (χ2n) is 8.14. The van der Waals surface area contributed by atoms with Gasteiger partial charge in [-0.25, -0.2) is 4.99 Å². The van der Waals surface area contributed by atoms with E-state index >= 15 is 0 Å². The number of aliphatic imine (C=N–C) groups is 1. The maximum atomic E-state index is 10.8. The van der Waals surface area contributed by atoms with Gasteiger partial charge in [-0.15, -0.1) is 24.0 Å². The van der Waals surface area contributed by atoms with Crippen molar-refractivity contribution in [2.75, 3.05) is 52.5 Å². The second-order valence-corrected chi connectivity index (χ2v) is 8.14. The van der Waals surface area contributed by atoms with Crippen LogP contribution in [0.4, 0.5) is 0 Å². The number of nitrogens with zero attached hydrogens (tertiary/aromatic N) is 4. The Hall–Kier alpha value is -1.89. The molecule has 10 heteroatoms. The number of ether oxygens (including phenoxy) is 2. The molecule has 0 aliphatic carbocycles. The molecule has 1 aromatic carbocycles. The van der Waals surface area contributed by atoms with Crippen LogP contribution in [0.25, 0.3) is 0 Å². The van der Waals surface area contributed by atoms with Gasteiger partial charge >= 0.3 is 0 Å². The van der Waals surface area contributed by atoms with Crippen molar-refractivity contribution in [3.63, 3.8) is 0 Å². The van der Waals surface area contributed by atoms with Gasteiger partial charge in [0.15, 0.2) is 5.96 Å². The maximum absolute atomic E-state index is 10.8. The minimum absolute atomic E-state index is 0. The van der Waals surface area contributed by atoms with Crippen molar-refractivity contribution in [2.45, 2.75) is 26.0 Å². The summed E-state index contributed by atoms with van der Waals surface area (Å²) in [7, 11) is 1.83. The van der Waals surface area contributed by atoms with Crippen LogP contribution < -0.4 is 15.4 Å². The number of morpholine rings is 1. The van der Waals surface area contributed by atoms with E-state index in [1.54, 1.807) is 17.8 Å². The van der Waals surface area contributed by atoms with Crippen LogP contribution in [0, 0.1) is 0 Å². The van der Waals surface area contributed by atoms with E-state index in [0.29, 0.717) is 25.7 Å². The summed E-state index contributed by atoms with van der Waals surface area (Å²) in [6.07, 6.45) is 3.49. The Morgan fingerprint density at radius 2 is 2.03 bits per heavy atom. The Bertz CT molecular complexity index is 867. The first-order valence-corrected chi connectivity index (χ1v) is 11.2. The predicted octanol–water partition coefficient (Wildman–Crippen LogP) is 1.71. The average molecular weight is 572 g/mol. The number of hydrogen-bond donors (Lipinski definition) is 3. The molecule has 0 radical (unpaired) electrons.